The fourth-order valence-electron chi connectivity index (χ4n) is 4.60. The molecule has 40 heavy (non-hydrogen) atoms. The number of hydrogen-bond acceptors (Lipinski definition) is 8. The van der Waals surface area contributed by atoms with Crippen LogP contribution >= 0.6 is 0 Å². The molecule has 1 saturated heterocycles. The largest absolute Gasteiger partial charge is 0.493 e. The molecule has 214 valence electrons. The summed E-state index contributed by atoms with van der Waals surface area (Å²) in [7, 11) is 4.61. The van der Waals surface area contributed by atoms with E-state index in [2.05, 4.69) is 20.6 Å². The van der Waals surface area contributed by atoms with E-state index in [1.807, 2.05) is 4.90 Å². The molecule has 1 amide bonds. The van der Waals surface area contributed by atoms with Crippen molar-refractivity contribution in [3.63, 3.8) is 0 Å². The Labute approximate surface area is 230 Å². The summed E-state index contributed by atoms with van der Waals surface area (Å²) in [5.74, 6) is 2.20. The zero-order chi connectivity index (χ0) is 28.7. The topological polar surface area (TPSA) is 97.8 Å². The summed E-state index contributed by atoms with van der Waals surface area (Å²) >= 11 is 0. The zero-order valence-corrected chi connectivity index (χ0v) is 22.5. The minimum Gasteiger partial charge on any atom is -0.493 e. The van der Waals surface area contributed by atoms with Gasteiger partial charge in [0.15, 0.2) is 11.5 Å². The van der Waals surface area contributed by atoms with E-state index in [-0.39, 0.29) is 11.8 Å². The number of halogens is 3. The van der Waals surface area contributed by atoms with E-state index in [0.29, 0.717) is 54.2 Å². The second-order valence-corrected chi connectivity index (χ2v) is 9.30. The Balaban J connectivity index is 1.35. The maximum Gasteiger partial charge on any atom is 0.416 e. The number of nitrogens with one attached hydrogen (secondary N) is 2. The molecule has 1 aliphatic rings. The van der Waals surface area contributed by atoms with E-state index in [0.717, 1.165) is 37.1 Å². The van der Waals surface area contributed by atoms with Crippen molar-refractivity contribution in [3.8, 4) is 17.2 Å². The summed E-state index contributed by atoms with van der Waals surface area (Å²) in [6.07, 6.45) is -0.712. The number of anilines is 3. The molecule has 0 saturated carbocycles. The van der Waals surface area contributed by atoms with E-state index in [1.54, 1.807) is 24.4 Å². The van der Waals surface area contributed by atoms with Crippen molar-refractivity contribution in [2.45, 2.75) is 25.4 Å². The molecule has 9 nitrogen and oxygen atoms in total. The van der Waals surface area contributed by atoms with Crippen molar-refractivity contribution in [2.75, 3.05) is 51.2 Å². The zero-order valence-electron chi connectivity index (χ0n) is 22.5. The lowest BCUT2D eigenvalue weighted by atomic mass is 9.97. The van der Waals surface area contributed by atoms with Crippen LogP contribution < -0.4 is 29.7 Å². The summed E-state index contributed by atoms with van der Waals surface area (Å²) in [4.78, 5) is 23.9. The van der Waals surface area contributed by atoms with Crippen molar-refractivity contribution in [2.24, 2.45) is 5.92 Å². The third-order valence-corrected chi connectivity index (χ3v) is 6.67. The van der Waals surface area contributed by atoms with Crippen molar-refractivity contribution in [1.82, 2.24) is 15.3 Å². The van der Waals surface area contributed by atoms with E-state index in [9.17, 15) is 18.0 Å². The van der Waals surface area contributed by atoms with Crippen LogP contribution in [-0.4, -0.2) is 56.8 Å². The SMILES string of the molecule is COc1cc(Nc2nccc(N3CCC[C@H](C(=O)NCCc4ccc(C(F)(F)F)cc4)C3)n2)cc(OC)c1OC. The number of carbonyl (C=O) groups excluding carboxylic acids is 1. The molecular formula is C28H32F3N5O4. The van der Waals surface area contributed by atoms with Gasteiger partial charge >= 0.3 is 6.18 Å². The Hall–Kier alpha value is -4.22. The number of benzene rings is 2. The molecule has 0 spiro atoms. The third kappa shape index (κ3) is 7.04. The van der Waals surface area contributed by atoms with Crippen LogP contribution in [0.1, 0.15) is 24.0 Å². The normalized spacial score (nSPS) is 15.3. The smallest absolute Gasteiger partial charge is 0.416 e. The van der Waals surface area contributed by atoms with Gasteiger partial charge in [-0.1, -0.05) is 12.1 Å². The second-order valence-electron chi connectivity index (χ2n) is 9.30. The number of piperidine rings is 1. The Bertz CT molecular complexity index is 1280. The Kier molecular flexibility index (Phi) is 9.18. The van der Waals surface area contributed by atoms with Crippen LogP contribution in [0.4, 0.5) is 30.6 Å². The highest BCUT2D eigenvalue weighted by Crippen LogP contribution is 2.40. The van der Waals surface area contributed by atoms with E-state index in [1.165, 1.54) is 33.5 Å². The first-order valence-electron chi connectivity index (χ1n) is 12.8. The van der Waals surface area contributed by atoms with Gasteiger partial charge in [-0.3, -0.25) is 4.79 Å². The molecule has 0 radical (unpaired) electrons. The predicted octanol–water partition coefficient (Wildman–Crippen LogP) is 4.84. The minimum absolute atomic E-state index is 0.0820. The first-order chi connectivity index (χ1) is 19.2. The van der Waals surface area contributed by atoms with Crippen LogP contribution in [0.25, 0.3) is 0 Å². The molecule has 1 aromatic heterocycles. The van der Waals surface area contributed by atoms with Crippen LogP contribution in [0.5, 0.6) is 17.2 Å². The number of alkyl halides is 3. The number of hydrogen-bond donors (Lipinski definition) is 2. The first kappa shape index (κ1) is 28.8. The van der Waals surface area contributed by atoms with Gasteiger partial charge in [0, 0.05) is 43.7 Å². The second kappa shape index (κ2) is 12.8. The number of nitrogens with zero attached hydrogens (tertiary/aromatic N) is 3. The summed E-state index contributed by atoms with van der Waals surface area (Å²) < 4.78 is 54.4. The lowest BCUT2D eigenvalue weighted by Gasteiger charge is -2.33. The van der Waals surface area contributed by atoms with Crippen LogP contribution in [0.15, 0.2) is 48.7 Å². The van der Waals surface area contributed by atoms with E-state index >= 15 is 0 Å². The molecule has 0 aliphatic carbocycles. The number of aromatic nitrogens is 2. The average Bonchev–Trinajstić information content (AvgIpc) is 2.96. The predicted molar refractivity (Wildman–Crippen MR) is 145 cm³/mol. The van der Waals surface area contributed by atoms with E-state index in [4.69, 9.17) is 14.2 Å². The molecule has 3 aromatic rings. The van der Waals surface area contributed by atoms with Crippen LogP contribution in [-0.2, 0) is 17.4 Å². The number of carbonyl (C=O) groups is 1. The molecule has 0 bridgehead atoms. The summed E-state index contributed by atoms with van der Waals surface area (Å²) in [5.41, 5.74) is 0.691. The number of rotatable bonds is 10. The molecule has 1 fully saturated rings. The molecular weight excluding hydrogens is 527 g/mol. The summed E-state index contributed by atoms with van der Waals surface area (Å²) in [6, 6.07) is 10.3. The number of methoxy groups -OCH3 is 3. The molecule has 2 heterocycles. The van der Waals surface area contributed by atoms with Crippen molar-refractivity contribution >= 4 is 23.4 Å². The number of ether oxygens (including phenoxy) is 3. The lowest BCUT2D eigenvalue weighted by Crippen LogP contribution is -2.43. The van der Waals surface area contributed by atoms with Gasteiger partial charge in [-0.15, -0.1) is 0 Å². The monoisotopic (exact) mass is 559 g/mol. The molecule has 1 aliphatic heterocycles. The fraction of sp³-hybridized carbons (Fsp3) is 0.393. The van der Waals surface area contributed by atoms with Gasteiger partial charge in [0.1, 0.15) is 5.82 Å². The van der Waals surface area contributed by atoms with Gasteiger partial charge in [0.2, 0.25) is 17.6 Å². The van der Waals surface area contributed by atoms with Gasteiger partial charge < -0.3 is 29.7 Å². The van der Waals surface area contributed by atoms with Gasteiger partial charge in [0.05, 0.1) is 32.8 Å². The minimum atomic E-state index is -4.36. The summed E-state index contributed by atoms with van der Waals surface area (Å²) in [6.45, 7) is 1.58. The standard InChI is InChI=1S/C28H32F3N5O4/c1-38-22-15-21(16-23(39-2)25(22)40-3)34-27-33-13-11-24(35-27)36-14-4-5-19(17-36)26(37)32-12-10-18-6-8-20(9-7-18)28(29,30)31/h6-9,11,13,15-16,19H,4-5,10,12,14,17H2,1-3H3,(H,32,37)(H,33,34,35)/t19-/m0/s1. The quantitative estimate of drug-likeness (QED) is 0.364. The maximum absolute atomic E-state index is 12.9. The molecule has 2 aromatic carbocycles. The van der Waals surface area contributed by atoms with Gasteiger partial charge in [-0.05, 0) is 43.0 Å². The molecule has 1 atom stereocenters. The lowest BCUT2D eigenvalue weighted by molar-refractivity contribution is -0.137. The van der Waals surface area contributed by atoms with Crippen molar-refractivity contribution < 1.29 is 32.2 Å². The highest BCUT2D eigenvalue weighted by atomic mass is 19.4. The fourth-order valence-corrected chi connectivity index (χ4v) is 4.60. The maximum atomic E-state index is 12.9. The van der Waals surface area contributed by atoms with Gasteiger partial charge in [0.25, 0.3) is 0 Å². The van der Waals surface area contributed by atoms with Gasteiger partial charge in [-0.2, -0.15) is 18.2 Å². The summed E-state index contributed by atoms with van der Waals surface area (Å²) in [5, 5.41) is 6.09. The number of amides is 1. The molecule has 4 rings (SSSR count). The van der Waals surface area contributed by atoms with Gasteiger partial charge in [-0.25, -0.2) is 4.98 Å². The third-order valence-electron chi connectivity index (χ3n) is 6.67. The Morgan fingerprint density at radius 1 is 1.05 bits per heavy atom. The highest BCUT2D eigenvalue weighted by Gasteiger charge is 2.30. The molecule has 12 heteroatoms. The van der Waals surface area contributed by atoms with Crippen LogP contribution in [0.2, 0.25) is 0 Å². The molecule has 2 N–H and O–H groups in total. The Morgan fingerprint density at radius 2 is 1.75 bits per heavy atom. The average molecular weight is 560 g/mol. The van der Waals surface area contributed by atoms with E-state index < -0.39 is 11.7 Å². The van der Waals surface area contributed by atoms with Crippen molar-refractivity contribution in [1.29, 1.82) is 0 Å². The van der Waals surface area contributed by atoms with Crippen LogP contribution in [0, 0.1) is 5.92 Å². The molecule has 0 unspecified atom stereocenters. The van der Waals surface area contributed by atoms with Crippen LogP contribution in [0.3, 0.4) is 0 Å². The van der Waals surface area contributed by atoms with Crippen molar-refractivity contribution in [3.05, 3.63) is 59.8 Å². The first-order valence-corrected chi connectivity index (χ1v) is 12.8. The highest BCUT2D eigenvalue weighted by molar-refractivity contribution is 5.79. The Morgan fingerprint density at radius 3 is 2.38 bits per heavy atom.